The Hall–Kier alpha value is -1.08. The monoisotopic (exact) mass is 189 g/mol. The fourth-order valence-corrected chi connectivity index (χ4v) is 1.58. The summed E-state index contributed by atoms with van der Waals surface area (Å²) in [5, 5.41) is 0. The van der Waals surface area contributed by atoms with Crippen LogP contribution in [0.3, 0.4) is 0 Å². The maximum atomic E-state index is 5.49. The van der Waals surface area contributed by atoms with E-state index >= 15 is 0 Å². The normalized spacial score (nSPS) is 12.4. The smallest absolute Gasteiger partial charge is 0.00771 e. The van der Waals surface area contributed by atoms with E-state index in [9.17, 15) is 0 Å². The fraction of sp³-hybridized carbons (Fsp3) is 0.385. The molecule has 1 aromatic rings. The zero-order valence-corrected chi connectivity index (χ0v) is 8.87. The highest BCUT2D eigenvalue weighted by atomic mass is 14.5. The Labute approximate surface area is 86.6 Å². The molecule has 1 nitrogen and oxygen atoms in total. The second kappa shape index (κ2) is 5.61. The molecule has 14 heavy (non-hydrogen) atoms. The predicted octanol–water partition coefficient (Wildman–Crippen LogP) is 3.17. The molecule has 0 radical (unpaired) electrons. The van der Waals surface area contributed by atoms with E-state index in [-0.39, 0.29) is 0 Å². The topological polar surface area (TPSA) is 26.0 Å². The van der Waals surface area contributed by atoms with Crippen LogP contribution in [0.15, 0.2) is 30.8 Å². The summed E-state index contributed by atoms with van der Waals surface area (Å²) in [6.45, 7) is 6.80. The molecule has 0 bridgehead atoms. The highest BCUT2D eigenvalue weighted by Crippen LogP contribution is 2.21. The van der Waals surface area contributed by atoms with Crippen LogP contribution in [0.5, 0.6) is 0 Å². The summed E-state index contributed by atoms with van der Waals surface area (Å²) in [6, 6.07) is 8.54. The predicted molar refractivity (Wildman–Crippen MR) is 63.2 cm³/mol. The van der Waals surface area contributed by atoms with Crippen molar-refractivity contribution in [2.24, 2.45) is 5.73 Å². The Morgan fingerprint density at radius 3 is 2.93 bits per heavy atom. The summed E-state index contributed by atoms with van der Waals surface area (Å²) in [7, 11) is 0. The van der Waals surface area contributed by atoms with Crippen LogP contribution in [0.2, 0.25) is 0 Å². The quantitative estimate of drug-likeness (QED) is 0.756. The summed E-state index contributed by atoms with van der Waals surface area (Å²) >= 11 is 0. The third kappa shape index (κ3) is 3.00. The lowest BCUT2D eigenvalue weighted by atomic mass is 9.95. The molecule has 0 spiro atoms. The molecule has 1 heteroatoms. The molecule has 1 rings (SSSR count). The van der Waals surface area contributed by atoms with Crippen molar-refractivity contribution in [1.82, 2.24) is 0 Å². The minimum absolute atomic E-state index is 0.596. The molecule has 1 aromatic carbocycles. The van der Waals surface area contributed by atoms with E-state index in [1.807, 2.05) is 6.08 Å². The van der Waals surface area contributed by atoms with Crippen molar-refractivity contribution in [3.63, 3.8) is 0 Å². The number of hydrogen-bond acceptors (Lipinski definition) is 1. The van der Waals surface area contributed by atoms with E-state index in [0.29, 0.717) is 5.92 Å². The Kier molecular flexibility index (Phi) is 4.41. The first-order chi connectivity index (χ1) is 6.77. The highest BCUT2D eigenvalue weighted by molar-refractivity contribution is 5.48. The molecule has 0 amide bonds. The summed E-state index contributed by atoms with van der Waals surface area (Å²) < 4.78 is 0. The molecule has 0 fully saturated rings. The molecule has 1 atom stereocenters. The van der Waals surface area contributed by atoms with Gasteiger partial charge in [-0.3, -0.25) is 0 Å². The van der Waals surface area contributed by atoms with Gasteiger partial charge >= 0.3 is 0 Å². The average molecular weight is 189 g/mol. The summed E-state index contributed by atoms with van der Waals surface area (Å²) in [6.07, 6.45) is 4.15. The number of benzene rings is 1. The second-order valence-electron chi connectivity index (χ2n) is 3.71. The van der Waals surface area contributed by atoms with Gasteiger partial charge in [-0.1, -0.05) is 43.8 Å². The number of hydrogen-bond donors (Lipinski definition) is 1. The summed E-state index contributed by atoms with van der Waals surface area (Å²) in [5.41, 5.74) is 8.08. The van der Waals surface area contributed by atoms with E-state index in [0.717, 1.165) is 19.4 Å². The van der Waals surface area contributed by atoms with Crippen molar-refractivity contribution in [3.05, 3.63) is 42.0 Å². The molecule has 0 aromatic heterocycles. The molecule has 0 saturated carbocycles. The van der Waals surface area contributed by atoms with Crippen LogP contribution in [0.4, 0.5) is 0 Å². The average Bonchev–Trinajstić information content (AvgIpc) is 2.26. The lowest BCUT2D eigenvalue weighted by molar-refractivity contribution is 0.641. The largest absolute Gasteiger partial charge is 0.330 e. The first-order valence-corrected chi connectivity index (χ1v) is 5.20. The third-order valence-electron chi connectivity index (χ3n) is 2.56. The molecule has 0 aliphatic rings. The summed E-state index contributed by atoms with van der Waals surface area (Å²) in [4.78, 5) is 0. The van der Waals surface area contributed by atoms with Crippen molar-refractivity contribution in [3.8, 4) is 0 Å². The van der Waals surface area contributed by atoms with Gasteiger partial charge in [0.05, 0.1) is 0 Å². The van der Waals surface area contributed by atoms with Gasteiger partial charge in [-0.25, -0.2) is 0 Å². The van der Waals surface area contributed by atoms with Crippen LogP contribution in [0.25, 0.3) is 6.08 Å². The minimum Gasteiger partial charge on any atom is -0.330 e. The van der Waals surface area contributed by atoms with Gasteiger partial charge in [0.1, 0.15) is 0 Å². The Bertz CT molecular complexity index is 291. The van der Waals surface area contributed by atoms with Crippen LogP contribution in [0.1, 0.15) is 36.8 Å². The molecular weight excluding hydrogens is 170 g/mol. The minimum atomic E-state index is 0.596. The van der Waals surface area contributed by atoms with E-state index in [1.54, 1.807) is 0 Å². The summed E-state index contributed by atoms with van der Waals surface area (Å²) in [5.74, 6) is 0.596. The van der Waals surface area contributed by atoms with Crippen molar-refractivity contribution >= 4 is 6.08 Å². The molecule has 1 unspecified atom stereocenters. The number of rotatable bonds is 5. The van der Waals surface area contributed by atoms with Crippen molar-refractivity contribution in [2.45, 2.75) is 25.7 Å². The molecule has 0 aliphatic heterocycles. The Balaban J connectivity index is 2.68. The van der Waals surface area contributed by atoms with Gasteiger partial charge in [-0.15, -0.1) is 0 Å². The van der Waals surface area contributed by atoms with Crippen LogP contribution < -0.4 is 5.73 Å². The molecule has 76 valence electrons. The highest BCUT2D eigenvalue weighted by Gasteiger charge is 2.04. The maximum absolute atomic E-state index is 5.49. The first-order valence-electron chi connectivity index (χ1n) is 5.20. The van der Waals surface area contributed by atoms with E-state index in [1.165, 1.54) is 11.1 Å². The van der Waals surface area contributed by atoms with Gasteiger partial charge < -0.3 is 5.73 Å². The lowest BCUT2D eigenvalue weighted by Gasteiger charge is -2.11. The Morgan fingerprint density at radius 1 is 1.50 bits per heavy atom. The van der Waals surface area contributed by atoms with Gasteiger partial charge in [0.25, 0.3) is 0 Å². The van der Waals surface area contributed by atoms with Gasteiger partial charge in [0.2, 0.25) is 0 Å². The van der Waals surface area contributed by atoms with Crippen LogP contribution in [-0.2, 0) is 0 Å². The second-order valence-corrected chi connectivity index (χ2v) is 3.71. The van der Waals surface area contributed by atoms with Gasteiger partial charge in [0, 0.05) is 0 Å². The van der Waals surface area contributed by atoms with Gasteiger partial charge in [-0.2, -0.15) is 0 Å². The maximum Gasteiger partial charge on any atom is -0.00771 e. The van der Waals surface area contributed by atoms with Crippen LogP contribution in [-0.4, -0.2) is 6.54 Å². The van der Waals surface area contributed by atoms with E-state index in [4.69, 9.17) is 5.73 Å². The van der Waals surface area contributed by atoms with Gasteiger partial charge in [-0.05, 0) is 36.4 Å². The standard InChI is InChI=1S/C13H19N/c1-3-12-7-4-8-13(10-12)11(2)6-5-9-14/h3-4,7-8,10-11H,1,5-6,9,14H2,2H3. The molecule has 0 saturated heterocycles. The van der Waals surface area contributed by atoms with Crippen molar-refractivity contribution in [1.29, 1.82) is 0 Å². The Morgan fingerprint density at radius 2 is 2.29 bits per heavy atom. The molecule has 0 aliphatic carbocycles. The SMILES string of the molecule is C=Cc1cccc(C(C)CCCN)c1. The molecule has 2 N–H and O–H groups in total. The zero-order chi connectivity index (χ0) is 10.4. The molecular formula is C13H19N. The van der Waals surface area contributed by atoms with E-state index < -0.39 is 0 Å². The number of nitrogens with two attached hydrogens (primary N) is 1. The van der Waals surface area contributed by atoms with Crippen LogP contribution >= 0.6 is 0 Å². The zero-order valence-electron chi connectivity index (χ0n) is 8.87. The van der Waals surface area contributed by atoms with Crippen LogP contribution in [0, 0.1) is 0 Å². The van der Waals surface area contributed by atoms with Gasteiger partial charge in [0.15, 0.2) is 0 Å². The first kappa shape index (κ1) is 11.0. The fourth-order valence-electron chi connectivity index (χ4n) is 1.58. The van der Waals surface area contributed by atoms with Crippen molar-refractivity contribution in [2.75, 3.05) is 6.54 Å². The molecule has 0 heterocycles. The van der Waals surface area contributed by atoms with E-state index in [2.05, 4.69) is 37.8 Å². The third-order valence-corrected chi connectivity index (χ3v) is 2.56. The lowest BCUT2D eigenvalue weighted by Crippen LogP contribution is -2.02. The van der Waals surface area contributed by atoms with Crippen molar-refractivity contribution < 1.29 is 0 Å².